The summed E-state index contributed by atoms with van der Waals surface area (Å²) in [5.41, 5.74) is 1.46. The molecule has 0 radical (unpaired) electrons. The Hall–Kier alpha value is -2.07. The van der Waals surface area contributed by atoms with E-state index in [1.54, 1.807) is 48.5 Å². The maximum absolute atomic E-state index is 13.4. The van der Waals surface area contributed by atoms with E-state index in [1.807, 2.05) is 26.0 Å². The van der Waals surface area contributed by atoms with Crippen molar-refractivity contribution in [1.82, 2.24) is 8.61 Å². The standard InChI is InChI=1S/C23H31N2O7PS/c1-19(2)14-15-22-23(26)25(34(28,29)24(22)3)18-32-33(27,30-16-20-10-6-4-7-11-20)31-17-21-12-8-5-9-13-21/h4-13,19,22H,14-18H2,1-3H3. The molecule has 0 bridgehead atoms. The number of hydrogen-bond donors (Lipinski definition) is 0. The van der Waals surface area contributed by atoms with Gasteiger partial charge in [0, 0.05) is 7.05 Å². The van der Waals surface area contributed by atoms with E-state index in [4.69, 9.17) is 13.6 Å². The zero-order chi connectivity index (χ0) is 24.8. The molecule has 2 aromatic carbocycles. The minimum atomic E-state index is -4.23. The molecule has 1 aliphatic rings. The molecule has 0 spiro atoms. The maximum atomic E-state index is 13.4. The topological polar surface area (TPSA) is 102 Å². The third kappa shape index (κ3) is 6.75. The van der Waals surface area contributed by atoms with Gasteiger partial charge in [-0.15, -0.1) is 0 Å². The second kappa shape index (κ2) is 11.6. The second-order valence-electron chi connectivity index (χ2n) is 8.42. The molecule has 1 saturated heterocycles. The van der Waals surface area contributed by atoms with Crippen LogP contribution in [-0.2, 0) is 46.4 Å². The smallest absolute Gasteiger partial charge is 0.282 e. The van der Waals surface area contributed by atoms with Gasteiger partial charge in [-0.25, -0.2) is 4.57 Å². The van der Waals surface area contributed by atoms with Crippen LogP contribution in [-0.4, -0.2) is 42.8 Å². The van der Waals surface area contributed by atoms with Gasteiger partial charge in [0.1, 0.15) is 12.8 Å². The number of phosphoric ester groups is 1. The van der Waals surface area contributed by atoms with Gasteiger partial charge in [-0.1, -0.05) is 74.5 Å². The largest absolute Gasteiger partial charge is 0.477 e. The van der Waals surface area contributed by atoms with Crippen LogP contribution < -0.4 is 0 Å². The third-order valence-corrected chi connectivity index (χ3v) is 8.57. The summed E-state index contributed by atoms with van der Waals surface area (Å²) in [6, 6.07) is 17.2. The Morgan fingerprint density at radius 3 is 1.88 bits per heavy atom. The van der Waals surface area contributed by atoms with Crippen LogP contribution in [0.5, 0.6) is 0 Å². The van der Waals surface area contributed by atoms with Crippen LogP contribution in [0.4, 0.5) is 0 Å². The molecule has 1 aliphatic heterocycles. The van der Waals surface area contributed by atoms with Crippen LogP contribution in [0.15, 0.2) is 60.7 Å². The highest BCUT2D eigenvalue weighted by Gasteiger charge is 2.49. The van der Waals surface area contributed by atoms with E-state index in [-0.39, 0.29) is 13.2 Å². The molecule has 2 aromatic rings. The van der Waals surface area contributed by atoms with Crippen molar-refractivity contribution >= 4 is 23.9 Å². The highest BCUT2D eigenvalue weighted by Crippen LogP contribution is 2.51. The molecule has 34 heavy (non-hydrogen) atoms. The lowest BCUT2D eigenvalue weighted by molar-refractivity contribution is -0.130. The summed E-state index contributed by atoms with van der Waals surface area (Å²) in [5.74, 6) is -0.312. The molecule has 0 saturated carbocycles. The number of phosphoric acid groups is 1. The van der Waals surface area contributed by atoms with Gasteiger partial charge in [-0.3, -0.25) is 18.4 Å². The van der Waals surface area contributed by atoms with E-state index in [1.165, 1.54) is 7.05 Å². The highest BCUT2D eigenvalue weighted by molar-refractivity contribution is 7.87. The number of carbonyl (C=O) groups excluding carboxylic acids is 1. The first-order valence-electron chi connectivity index (χ1n) is 11.0. The first-order chi connectivity index (χ1) is 16.1. The Morgan fingerprint density at radius 1 is 0.912 bits per heavy atom. The van der Waals surface area contributed by atoms with Gasteiger partial charge in [-0.2, -0.15) is 17.0 Å². The molecule has 1 fully saturated rings. The zero-order valence-electron chi connectivity index (χ0n) is 19.6. The number of amides is 1. The number of hydrogen-bond acceptors (Lipinski definition) is 7. The van der Waals surface area contributed by atoms with Crippen molar-refractivity contribution < 1.29 is 31.3 Å². The van der Waals surface area contributed by atoms with Gasteiger partial charge in [0.2, 0.25) is 0 Å². The fourth-order valence-electron chi connectivity index (χ4n) is 3.37. The number of carbonyl (C=O) groups is 1. The number of rotatable bonds is 12. The molecule has 1 unspecified atom stereocenters. The minimum Gasteiger partial charge on any atom is -0.282 e. The van der Waals surface area contributed by atoms with E-state index >= 15 is 0 Å². The molecule has 186 valence electrons. The van der Waals surface area contributed by atoms with Crippen molar-refractivity contribution in [1.29, 1.82) is 0 Å². The predicted octanol–water partition coefficient (Wildman–Crippen LogP) is 4.33. The van der Waals surface area contributed by atoms with Gasteiger partial charge in [0.05, 0.1) is 13.2 Å². The Labute approximate surface area is 201 Å². The summed E-state index contributed by atoms with van der Waals surface area (Å²) in [5, 5.41) is 0. The Morgan fingerprint density at radius 2 is 1.41 bits per heavy atom. The molecule has 0 aromatic heterocycles. The Balaban J connectivity index is 1.72. The van der Waals surface area contributed by atoms with Crippen molar-refractivity contribution in [2.45, 2.75) is 45.9 Å². The SMILES string of the molecule is CC(C)CCC1C(=O)N(COP(=O)(OCc2ccccc2)OCc2ccccc2)S(=O)(=O)N1C. The fraction of sp³-hybridized carbons (Fsp3) is 0.435. The van der Waals surface area contributed by atoms with Gasteiger partial charge < -0.3 is 0 Å². The monoisotopic (exact) mass is 510 g/mol. The summed E-state index contributed by atoms with van der Waals surface area (Å²) in [6.07, 6.45) is 1.07. The summed E-state index contributed by atoms with van der Waals surface area (Å²) in [6.45, 7) is 3.07. The summed E-state index contributed by atoms with van der Waals surface area (Å²) in [7, 11) is -6.98. The number of benzene rings is 2. The van der Waals surface area contributed by atoms with Crippen LogP contribution in [0.3, 0.4) is 0 Å². The fourth-order valence-corrected chi connectivity index (χ4v) is 5.91. The summed E-state index contributed by atoms with van der Waals surface area (Å²) in [4.78, 5) is 12.9. The third-order valence-electron chi connectivity index (χ3n) is 5.43. The van der Waals surface area contributed by atoms with E-state index in [9.17, 15) is 17.8 Å². The quantitative estimate of drug-likeness (QED) is 0.392. The van der Waals surface area contributed by atoms with Crippen molar-refractivity contribution in [3.63, 3.8) is 0 Å². The van der Waals surface area contributed by atoms with Gasteiger partial charge in [-0.05, 0) is 29.9 Å². The van der Waals surface area contributed by atoms with E-state index < -0.39 is 36.7 Å². The van der Waals surface area contributed by atoms with Crippen LogP contribution in [0.1, 0.15) is 37.8 Å². The lowest BCUT2D eigenvalue weighted by Gasteiger charge is -2.21. The van der Waals surface area contributed by atoms with Gasteiger partial charge in [0.25, 0.3) is 5.91 Å². The van der Waals surface area contributed by atoms with E-state index in [0.717, 1.165) is 15.4 Å². The molecular weight excluding hydrogens is 479 g/mol. The van der Waals surface area contributed by atoms with Crippen molar-refractivity contribution in [3.8, 4) is 0 Å². The number of nitrogens with zero attached hydrogens (tertiary/aromatic N) is 2. The summed E-state index contributed by atoms with van der Waals surface area (Å²) < 4.78 is 57.0. The van der Waals surface area contributed by atoms with E-state index in [2.05, 4.69) is 0 Å². The Bertz CT molecular complexity index is 1050. The molecule has 9 nitrogen and oxygen atoms in total. The molecule has 1 atom stereocenters. The summed E-state index contributed by atoms with van der Waals surface area (Å²) >= 11 is 0. The normalized spacial score (nSPS) is 18.6. The molecular formula is C23H31N2O7PS. The molecule has 1 amide bonds. The van der Waals surface area contributed by atoms with Crippen LogP contribution in [0.25, 0.3) is 0 Å². The van der Waals surface area contributed by atoms with Gasteiger partial charge in [0.15, 0.2) is 0 Å². The zero-order valence-corrected chi connectivity index (χ0v) is 21.3. The molecule has 1 heterocycles. The molecule has 0 aliphatic carbocycles. The van der Waals surface area contributed by atoms with Crippen molar-refractivity contribution in [3.05, 3.63) is 71.8 Å². The predicted molar refractivity (Wildman–Crippen MR) is 127 cm³/mol. The van der Waals surface area contributed by atoms with E-state index in [0.29, 0.717) is 23.1 Å². The van der Waals surface area contributed by atoms with Crippen LogP contribution in [0, 0.1) is 5.92 Å². The second-order valence-corrected chi connectivity index (χ2v) is 12.0. The first kappa shape index (κ1) is 26.5. The molecule has 3 rings (SSSR count). The van der Waals surface area contributed by atoms with Gasteiger partial charge >= 0.3 is 18.0 Å². The average Bonchev–Trinajstić information content (AvgIpc) is 2.98. The minimum absolute atomic E-state index is 0.0788. The van der Waals surface area contributed by atoms with Crippen molar-refractivity contribution in [2.24, 2.45) is 5.92 Å². The van der Waals surface area contributed by atoms with Crippen molar-refractivity contribution in [2.75, 3.05) is 13.8 Å². The Kier molecular flexibility index (Phi) is 9.03. The lowest BCUT2D eigenvalue weighted by Crippen LogP contribution is -2.34. The van der Waals surface area contributed by atoms with Crippen LogP contribution in [0.2, 0.25) is 0 Å². The number of likely N-dealkylation sites (N-methyl/N-ethyl adjacent to an activating group) is 1. The lowest BCUT2D eigenvalue weighted by atomic mass is 10.0. The molecule has 0 N–H and O–H groups in total. The average molecular weight is 511 g/mol. The maximum Gasteiger partial charge on any atom is 0.477 e. The van der Waals surface area contributed by atoms with Crippen LogP contribution >= 0.6 is 7.82 Å². The molecule has 11 heteroatoms. The highest BCUT2D eigenvalue weighted by atomic mass is 32.2. The first-order valence-corrected chi connectivity index (χ1v) is 13.9.